The Morgan fingerprint density at radius 1 is 1.45 bits per heavy atom. The predicted molar refractivity (Wildman–Crippen MR) is 75.6 cm³/mol. The van der Waals surface area contributed by atoms with Gasteiger partial charge in [-0.15, -0.1) is 0 Å². The molecule has 110 valence electrons. The number of amides is 1. The normalized spacial score (nSPS) is 16.8. The van der Waals surface area contributed by atoms with Crippen molar-refractivity contribution in [3.05, 3.63) is 24.0 Å². The number of aromatic nitrogens is 1. The summed E-state index contributed by atoms with van der Waals surface area (Å²) in [7, 11) is 0. The first-order chi connectivity index (χ1) is 9.50. The van der Waals surface area contributed by atoms with Crippen molar-refractivity contribution in [2.24, 2.45) is 11.8 Å². The number of rotatable bonds is 6. The third kappa shape index (κ3) is 3.03. The molecule has 0 aliphatic heterocycles. The lowest BCUT2D eigenvalue weighted by molar-refractivity contribution is -0.142. The van der Waals surface area contributed by atoms with E-state index in [0.717, 1.165) is 12.8 Å². The minimum absolute atomic E-state index is 0.00813. The Bertz CT molecular complexity index is 489. The van der Waals surface area contributed by atoms with E-state index in [1.165, 1.54) is 6.42 Å². The fourth-order valence-electron chi connectivity index (χ4n) is 2.47. The third-order valence-corrected chi connectivity index (χ3v) is 4.08. The Balaban J connectivity index is 1.98. The summed E-state index contributed by atoms with van der Waals surface area (Å²) >= 11 is 0. The second-order valence-corrected chi connectivity index (χ2v) is 5.78. The van der Waals surface area contributed by atoms with Crippen LogP contribution >= 0.6 is 0 Å². The van der Waals surface area contributed by atoms with E-state index in [2.05, 4.69) is 5.32 Å². The van der Waals surface area contributed by atoms with E-state index < -0.39 is 11.9 Å². The maximum absolute atomic E-state index is 12.2. The molecular weight excluding hydrogens is 256 g/mol. The number of aliphatic carboxylic acids is 1. The summed E-state index contributed by atoms with van der Waals surface area (Å²) < 4.78 is 2.00. The van der Waals surface area contributed by atoms with Gasteiger partial charge in [-0.1, -0.05) is 13.8 Å². The van der Waals surface area contributed by atoms with Crippen LogP contribution in [-0.2, 0) is 4.79 Å². The summed E-state index contributed by atoms with van der Waals surface area (Å²) in [4.78, 5) is 23.3. The van der Waals surface area contributed by atoms with Crippen molar-refractivity contribution in [3.8, 4) is 0 Å². The van der Waals surface area contributed by atoms with Crippen molar-refractivity contribution in [2.45, 2.75) is 39.2 Å². The minimum Gasteiger partial charge on any atom is -0.481 e. The van der Waals surface area contributed by atoms with Crippen LogP contribution in [0.3, 0.4) is 0 Å². The zero-order valence-corrected chi connectivity index (χ0v) is 12.0. The molecule has 1 aliphatic rings. The van der Waals surface area contributed by atoms with Gasteiger partial charge < -0.3 is 15.0 Å². The van der Waals surface area contributed by atoms with Gasteiger partial charge in [-0.25, -0.2) is 0 Å². The molecule has 1 aromatic rings. The minimum atomic E-state index is -0.866. The van der Waals surface area contributed by atoms with Crippen LogP contribution in [0, 0.1) is 11.8 Å². The maximum Gasteiger partial charge on any atom is 0.308 e. The van der Waals surface area contributed by atoms with Gasteiger partial charge in [-0.3, -0.25) is 9.59 Å². The molecule has 1 heterocycles. The SMILES string of the molecule is CC(C)C(CNC(=O)c1cccn1C1CCC1)C(=O)O. The van der Waals surface area contributed by atoms with E-state index in [1.807, 2.05) is 30.7 Å². The van der Waals surface area contributed by atoms with Crippen LogP contribution < -0.4 is 5.32 Å². The van der Waals surface area contributed by atoms with Crippen LogP contribution in [-0.4, -0.2) is 28.1 Å². The molecule has 1 aliphatic carbocycles. The van der Waals surface area contributed by atoms with E-state index in [9.17, 15) is 9.59 Å². The van der Waals surface area contributed by atoms with E-state index in [4.69, 9.17) is 5.11 Å². The zero-order valence-electron chi connectivity index (χ0n) is 12.0. The van der Waals surface area contributed by atoms with Crippen molar-refractivity contribution >= 4 is 11.9 Å². The summed E-state index contributed by atoms with van der Waals surface area (Å²) in [5.74, 6) is -1.61. The number of carbonyl (C=O) groups excluding carboxylic acids is 1. The summed E-state index contributed by atoms with van der Waals surface area (Å²) in [6.07, 6.45) is 5.35. The second kappa shape index (κ2) is 6.11. The predicted octanol–water partition coefficient (Wildman–Crippen LogP) is 2.30. The van der Waals surface area contributed by atoms with E-state index >= 15 is 0 Å². The first-order valence-electron chi connectivity index (χ1n) is 7.18. The molecule has 1 amide bonds. The van der Waals surface area contributed by atoms with Gasteiger partial charge in [0.25, 0.3) is 5.91 Å². The van der Waals surface area contributed by atoms with Gasteiger partial charge in [0.05, 0.1) is 5.92 Å². The third-order valence-electron chi connectivity index (χ3n) is 4.08. The quantitative estimate of drug-likeness (QED) is 0.838. The highest BCUT2D eigenvalue weighted by molar-refractivity contribution is 5.93. The van der Waals surface area contributed by atoms with Crippen LogP contribution in [0.4, 0.5) is 0 Å². The molecule has 1 atom stereocenters. The summed E-state index contributed by atoms with van der Waals surface area (Å²) in [5.41, 5.74) is 0.627. The van der Waals surface area contributed by atoms with Crippen molar-refractivity contribution in [1.29, 1.82) is 0 Å². The Morgan fingerprint density at radius 2 is 2.15 bits per heavy atom. The zero-order chi connectivity index (χ0) is 14.7. The maximum atomic E-state index is 12.2. The lowest BCUT2D eigenvalue weighted by Crippen LogP contribution is -2.36. The molecule has 1 unspecified atom stereocenters. The van der Waals surface area contributed by atoms with Gasteiger partial charge >= 0.3 is 5.97 Å². The Labute approximate surface area is 119 Å². The topological polar surface area (TPSA) is 71.3 Å². The average Bonchev–Trinajstić information content (AvgIpc) is 2.74. The lowest BCUT2D eigenvalue weighted by Gasteiger charge is -2.29. The van der Waals surface area contributed by atoms with Gasteiger partial charge in [0, 0.05) is 18.8 Å². The molecule has 5 heteroatoms. The van der Waals surface area contributed by atoms with Gasteiger partial charge in [0.1, 0.15) is 5.69 Å². The molecule has 0 bridgehead atoms. The molecule has 1 saturated carbocycles. The van der Waals surface area contributed by atoms with Crippen LogP contribution in [0.1, 0.15) is 49.6 Å². The molecule has 1 aromatic heterocycles. The molecule has 0 aromatic carbocycles. The smallest absolute Gasteiger partial charge is 0.308 e. The first kappa shape index (κ1) is 14.6. The van der Waals surface area contributed by atoms with Gasteiger partial charge in [0.2, 0.25) is 0 Å². The Morgan fingerprint density at radius 3 is 2.65 bits per heavy atom. The molecule has 0 spiro atoms. The highest BCUT2D eigenvalue weighted by atomic mass is 16.4. The largest absolute Gasteiger partial charge is 0.481 e. The lowest BCUT2D eigenvalue weighted by atomic mass is 9.93. The highest BCUT2D eigenvalue weighted by Gasteiger charge is 2.25. The van der Waals surface area contributed by atoms with Gasteiger partial charge in [-0.2, -0.15) is 0 Å². The van der Waals surface area contributed by atoms with Crippen LogP contribution in [0.2, 0.25) is 0 Å². The number of carbonyl (C=O) groups is 2. The monoisotopic (exact) mass is 278 g/mol. The molecule has 1 fully saturated rings. The summed E-state index contributed by atoms with van der Waals surface area (Å²) in [5, 5.41) is 11.9. The number of carboxylic acids is 1. The standard InChI is InChI=1S/C15H22N2O3/c1-10(2)12(15(19)20)9-16-14(18)13-7-4-8-17(13)11-5-3-6-11/h4,7-8,10-12H,3,5-6,9H2,1-2H3,(H,16,18)(H,19,20). The molecule has 0 saturated heterocycles. The Hall–Kier alpha value is -1.78. The van der Waals surface area contributed by atoms with Crippen molar-refractivity contribution in [2.75, 3.05) is 6.54 Å². The average molecular weight is 278 g/mol. The van der Waals surface area contributed by atoms with Crippen LogP contribution in [0.25, 0.3) is 0 Å². The first-order valence-corrected chi connectivity index (χ1v) is 7.18. The van der Waals surface area contributed by atoms with E-state index in [1.54, 1.807) is 6.07 Å². The van der Waals surface area contributed by atoms with Crippen LogP contribution in [0.5, 0.6) is 0 Å². The highest BCUT2D eigenvalue weighted by Crippen LogP contribution is 2.32. The summed E-state index contributed by atoms with van der Waals surface area (Å²) in [6, 6.07) is 4.08. The molecule has 20 heavy (non-hydrogen) atoms. The summed E-state index contributed by atoms with van der Waals surface area (Å²) in [6.45, 7) is 3.87. The van der Waals surface area contributed by atoms with Gasteiger partial charge in [-0.05, 0) is 37.3 Å². The fraction of sp³-hybridized carbons (Fsp3) is 0.600. The number of nitrogens with one attached hydrogen (secondary N) is 1. The number of carboxylic acid groups (broad SMARTS) is 1. The molecule has 2 rings (SSSR count). The fourth-order valence-corrected chi connectivity index (χ4v) is 2.47. The number of hydrogen-bond acceptors (Lipinski definition) is 2. The second-order valence-electron chi connectivity index (χ2n) is 5.78. The van der Waals surface area contributed by atoms with E-state index in [-0.39, 0.29) is 18.4 Å². The molecule has 0 radical (unpaired) electrons. The Kier molecular flexibility index (Phi) is 4.47. The van der Waals surface area contributed by atoms with Crippen molar-refractivity contribution < 1.29 is 14.7 Å². The number of nitrogens with zero attached hydrogens (tertiary/aromatic N) is 1. The van der Waals surface area contributed by atoms with Crippen molar-refractivity contribution in [3.63, 3.8) is 0 Å². The van der Waals surface area contributed by atoms with Gasteiger partial charge in [0.15, 0.2) is 0 Å². The molecule has 5 nitrogen and oxygen atoms in total. The number of hydrogen-bond donors (Lipinski definition) is 2. The molecule has 2 N–H and O–H groups in total. The molecular formula is C15H22N2O3. The van der Waals surface area contributed by atoms with Crippen molar-refractivity contribution in [1.82, 2.24) is 9.88 Å². The van der Waals surface area contributed by atoms with Crippen LogP contribution in [0.15, 0.2) is 18.3 Å². The van der Waals surface area contributed by atoms with E-state index in [0.29, 0.717) is 11.7 Å².